The lowest BCUT2D eigenvalue weighted by atomic mass is 9.90. The molecule has 1 N–H and O–H groups in total. The van der Waals surface area contributed by atoms with Crippen LogP contribution in [-0.2, 0) is 0 Å². The van der Waals surface area contributed by atoms with Crippen LogP contribution in [0.15, 0.2) is 86.0 Å². The highest BCUT2D eigenvalue weighted by Gasteiger charge is 2.29. The van der Waals surface area contributed by atoms with E-state index in [0.29, 0.717) is 27.4 Å². The second-order valence-electron chi connectivity index (χ2n) is 7.84. The molecule has 1 unspecified atom stereocenters. The molecule has 0 fully saturated rings. The summed E-state index contributed by atoms with van der Waals surface area (Å²) in [6.45, 7) is 0. The Morgan fingerprint density at radius 1 is 1.00 bits per heavy atom. The molecule has 5 aromatic rings. The summed E-state index contributed by atoms with van der Waals surface area (Å²) in [6, 6.07) is 16.6. The molecule has 0 aliphatic carbocycles. The first-order valence-electron chi connectivity index (χ1n) is 10.8. The standard InChI is InChI=1S/C24H13Cl3N8O3/c25-14-6-4-12(5-7-14)20(23-33-32-22(38-23)13-2-1-3-15(8-13)31-34-28)21-17(26)9-16(10-18(21)27)35-24(37)30-19(36)11-29-35/h1-11,20H,(H,30,36,37). The lowest BCUT2D eigenvalue weighted by molar-refractivity contribution is 0.499. The smallest absolute Gasteiger partial charge is 0.349 e. The maximum atomic E-state index is 12.2. The minimum atomic E-state index is -0.754. The van der Waals surface area contributed by atoms with Gasteiger partial charge in [0.15, 0.2) is 0 Å². The molecule has 1 atom stereocenters. The second-order valence-corrected chi connectivity index (χ2v) is 9.09. The summed E-state index contributed by atoms with van der Waals surface area (Å²) in [5.74, 6) is -0.364. The number of hydrogen-bond donors (Lipinski definition) is 1. The molecule has 0 spiro atoms. The molecular weight excluding hydrogens is 555 g/mol. The van der Waals surface area contributed by atoms with Crippen LogP contribution in [0.2, 0.25) is 15.1 Å². The van der Waals surface area contributed by atoms with Gasteiger partial charge in [0.2, 0.25) is 11.8 Å². The summed E-state index contributed by atoms with van der Waals surface area (Å²) in [6.07, 6.45) is 0.963. The number of benzene rings is 3. The van der Waals surface area contributed by atoms with Gasteiger partial charge in [-0.15, -0.1) is 10.2 Å². The van der Waals surface area contributed by atoms with Gasteiger partial charge < -0.3 is 4.42 Å². The van der Waals surface area contributed by atoms with Gasteiger partial charge in [0.1, 0.15) is 6.20 Å². The zero-order chi connectivity index (χ0) is 26.8. The summed E-state index contributed by atoms with van der Waals surface area (Å²) >= 11 is 19.5. The van der Waals surface area contributed by atoms with Crippen LogP contribution in [0.3, 0.4) is 0 Å². The fourth-order valence-corrected chi connectivity index (χ4v) is 4.63. The molecule has 38 heavy (non-hydrogen) atoms. The molecule has 0 bridgehead atoms. The normalized spacial score (nSPS) is 11.7. The van der Waals surface area contributed by atoms with Crippen LogP contribution in [0.25, 0.3) is 27.6 Å². The van der Waals surface area contributed by atoms with Crippen molar-refractivity contribution in [1.29, 1.82) is 0 Å². The highest BCUT2D eigenvalue weighted by atomic mass is 35.5. The maximum Gasteiger partial charge on any atom is 0.349 e. The molecule has 0 amide bonds. The summed E-state index contributed by atoms with van der Waals surface area (Å²) in [5.41, 5.74) is 9.63. The summed E-state index contributed by atoms with van der Waals surface area (Å²) in [4.78, 5) is 28.6. The molecule has 2 heterocycles. The Balaban J connectivity index is 1.65. The van der Waals surface area contributed by atoms with Crippen LogP contribution in [-0.4, -0.2) is 25.0 Å². The average molecular weight is 568 g/mol. The molecule has 0 saturated carbocycles. The molecule has 11 nitrogen and oxygen atoms in total. The third-order valence-corrected chi connectivity index (χ3v) is 6.33. The number of H-pyrrole nitrogens is 1. The monoisotopic (exact) mass is 566 g/mol. The van der Waals surface area contributed by atoms with Crippen LogP contribution in [0, 0.1) is 0 Å². The van der Waals surface area contributed by atoms with E-state index in [4.69, 9.17) is 44.8 Å². The highest BCUT2D eigenvalue weighted by molar-refractivity contribution is 6.36. The molecule has 3 aromatic carbocycles. The fraction of sp³-hybridized carbons (Fsp3) is 0.0417. The minimum Gasteiger partial charge on any atom is -0.420 e. The molecule has 0 radical (unpaired) electrons. The van der Waals surface area contributed by atoms with Crippen molar-refractivity contribution in [2.24, 2.45) is 5.11 Å². The first-order chi connectivity index (χ1) is 18.3. The number of azide groups is 1. The van der Waals surface area contributed by atoms with Gasteiger partial charge in [-0.1, -0.05) is 64.2 Å². The van der Waals surface area contributed by atoms with Crippen LogP contribution >= 0.6 is 34.8 Å². The van der Waals surface area contributed by atoms with Crippen molar-refractivity contribution in [2.75, 3.05) is 0 Å². The third-order valence-electron chi connectivity index (χ3n) is 5.45. The molecule has 14 heteroatoms. The van der Waals surface area contributed by atoms with Gasteiger partial charge in [-0.25, -0.2) is 4.79 Å². The van der Waals surface area contributed by atoms with Crippen molar-refractivity contribution in [3.8, 4) is 17.1 Å². The molecule has 5 rings (SSSR count). The van der Waals surface area contributed by atoms with E-state index in [1.54, 1.807) is 48.5 Å². The lowest BCUT2D eigenvalue weighted by Crippen LogP contribution is -2.30. The van der Waals surface area contributed by atoms with E-state index >= 15 is 0 Å². The van der Waals surface area contributed by atoms with Crippen LogP contribution < -0.4 is 11.2 Å². The second kappa shape index (κ2) is 10.5. The first kappa shape index (κ1) is 25.2. The number of nitrogens with one attached hydrogen (secondary N) is 1. The van der Waals surface area contributed by atoms with Gasteiger partial charge in [0, 0.05) is 36.8 Å². The van der Waals surface area contributed by atoms with Crippen molar-refractivity contribution in [3.05, 3.63) is 130 Å². The number of aromatic amines is 1. The Bertz CT molecular complexity index is 1800. The molecule has 0 aliphatic rings. The summed E-state index contributed by atoms with van der Waals surface area (Å²) in [7, 11) is 0. The predicted molar refractivity (Wildman–Crippen MR) is 141 cm³/mol. The van der Waals surface area contributed by atoms with Crippen LogP contribution in [0.5, 0.6) is 0 Å². The van der Waals surface area contributed by atoms with Gasteiger partial charge in [0.25, 0.3) is 5.56 Å². The number of hydrogen-bond acceptors (Lipinski definition) is 7. The van der Waals surface area contributed by atoms with Gasteiger partial charge >= 0.3 is 5.69 Å². The Hall–Kier alpha value is -4.41. The quantitative estimate of drug-likeness (QED) is 0.149. The minimum absolute atomic E-state index is 0.174. The van der Waals surface area contributed by atoms with Crippen molar-refractivity contribution < 1.29 is 4.42 Å². The number of rotatable bonds is 6. The Morgan fingerprint density at radius 2 is 1.74 bits per heavy atom. The lowest BCUT2D eigenvalue weighted by Gasteiger charge is -2.18. The molecule has 188 valence electrons. The van der Waals surface area contributed by atoms with Crippen molar-refractivity contribution >= 4 is 40.5 Å². The van der Waals surface area contributed by atoms with E-state index in [9.17, 15) is 9.59 Å². The van der Waals surface area contributed by atoms with Gasteiger partial charge in [-0.3, -0.25) is 9.78 Å². The van der Waals surface area contributed by atoms with Crippen molar-refractivity contribution in [1.82, 2.24) is 25.0 Å². The van der Waals surface area contributed by atoms with Gasteiger partial charge in [-0.05, 0) is 47.5 Å². The largest absolute Gasteiger partial charge is 0.420 e. The predicted octanol–water partition coefficient (Wildman–Crippen LogP) is 6.05. The average Bonchev–Trinajstić information content (AvgIpc) is 3.37. The Morgan fingerprint density at radius 3 is 2.42 bits per heavy atom. The fourth-order valence-electron chi connectivity index (χ4n) is 3.81. The number of nitrogens with zero attached hydrogens (tertiary/aromatic N) is 7. The topological polar surface area (TPSA) is 155 Å². The van der Waals surface area contributed by atoms with E-state index in [2.05, 4.69) is 30.3 Å². The molecule has 0 aliphatic heterocycles. The van der Waals surface area contributed by atoms with E-state index in [0.717, 1.165) is 10.9 Å². The molecule has 0 saturated heterocycles. The molecule has 2 aromatic heterocycles. The van der Waals surface area contributed by atoms with Crippen LogP contribution in [0.4, 0.5) is 5.69 Å². The highest BCUT2D eigenvalue weighted by Crippen LogP contribution is 2.41. The number of halogens is 3. The number of aromatic nitrogens is 5. The SMILES string of the molecule is [N-]=[N+]=Nc1cccc(-c2nnc(C(c3ccc(Cl)cc3)c3c(Cl)cc(-n4ncc(=O)[nH]c4=O)cc3Cl)o2)c1. The van der Waals surface area contributed by atoms with Crippen LogP contribution in [0.1, 0.15) is 22.9 Å². The molecular formula is C24H13Cl3N8O3. The van der Waals surface area contributed by atoms with E-state index in [1.807, 2.05) is 0 Å². The maximum absolute atomic E-state index is 12.2. The zero-order valence-corrected chi connectivity index (χ0v) is 21.2. The van der Waals surface area contributed by atoms with Gasteiger partial charge in [0.05, 0.1) is 11.6 Å². The van der Waals surface area contributed by atoms with Crippen molar-refractivity contribution in [2.45, 2.75) is 5.92 Å². The van der Waals surface area contributed by atoms with E-state index in [1.165, 1.54) is 12.1 Å². The van der Waals surface area contributed by atoms with E-state index < -0.39 is 17.2 Å². The Kier molecular flexibility index (Phi) is 6.99. The summed E-state index contributed by atoms with van der Waals surface area (Å²) < 4.78 is 7.01. The Labute approximate surface area is 227 Å². The van der Waals surface area contributed by atoms with E-state index in [-0.39, 0.29) is 27.5 Å². The third kappa shape index (κ3) is 5.04. The van der Waals surface area contributed by atoms with Gasteiger partial charge in [-0.2, -0.15) is 9.78 Å². The van der Waals surface area contributed by atoms with Crippen molar-refractivity contribution in [3.63, 3.8) is 0 Å². The summed E-state index contributed by atoms with van der Waals surface area (Å²) in [5, 5.41) is 16.7. The zero-order valence-electron chi connectivity index (χ0n) is 18.9. The first-order valence-corrected chi connectivity index (χ1v) is 11.9.